The van der Waals surface area contributed by atoms with Gasteiger partial charge in [0, 0.05) is 0 Å². The lowest BCUT2D eigenvalue weighted by Gasteiger charge is -2.09. The van der Waals surface area contributed by atoms with E-state index < -0.39 is 17.9 Å². The SMILES string of the molecule is C=CCOC(=O)C(CCC)C(=O)O. The summed E-state index contributed by atoms with van der Waals surface area (Å²) in [5, 5.41) is 8.65. The Morgan fingerprint density at radius 2 is 2.23 bits per heavy atom. The molecule has 0 aromatic carbocycles. The van der Waals surface area contributed by atoms with Crippen molar-refractivity contribution in [3.63, 3.8) is 0 Å². The Hall–Kier alpha value is -1.32. The van der Waals surface area contributed by atoms with Crippen LogP contribution in [-0.2, 0) is 14.3 Å². The standard InChI is InChI=1S/C9H14O4/c1-3-5-7(8(10)11)9(12)13-6-4-2/h4,7H,2-3,5-6H2,1H3,(H,10,11). The maximum absolute atomic E-state index is 11.1. The molecule has 0 saturated carbocycles. The number of hydrogen-bond donors (Lipinski definition) is 1. The number of aliphatic carboxylic acids is 1. The second kappa shape index (κ2) is 6.22. The molecule has 0 amide bonds. The molecule has 4 nitrogen and oxygen atoms in total. The van der Waals surface area contributed by atoms with Crippen LogP contribution >= 0.6 is 0 Å². The quantitative estimate of drug-likeness (QED) is 0.385. The van der Waals surface area contributed by atoms with Gasteiger partial charge in [-0.2, -0.15) is 0 Å². The van der Waals surface area contributed by atoms with Gasteiger partial charge < -0.3 is 9.84 Å². The van der Waals surface area contributed by atoms with Crippen molar-refractivity contribution in [3.8, 4) is 0 Å². The van der Waals surface area contributed by atoms with Gasteiger partial charge in [-0.05, 0) is 6.42 Å². The Morgan fingerprint density at radius 1 is 1.62 bits per heavy atom. The summed E-state index contributed by atoms with van der Waals surface area (Å²) >= 11 is 0. The molecule has 0 aliphatic carbocycles. The van der Waals surface area contributed by atoms with E-state index in [1.165, 1.54) is 6.08 Å². The maximum atomic E-state index is 11.1. The number of rotatable bonds is 6. The van der Waals surface area contributed by atoms with Gasteiger partial charge in [-0.3, -0.25) is 9.59 Å². The van der Waals surface area contributed by atoms with Crippen molar-refractivity contribution >= 4 is 11.9 Å². The molecule has 0 radical (unpaired) electrons. The van der Waals surface area contributed by atoms with E-state index in [0.29, 0.717) is 12.8 Å². The van der Waals surface area contributed by atoms with Gasteiger partial charge in [0.25, 0.3) is 0 Å². The summed E-state index contributed by atoms with van der Waals surface area (Å²) in [4.78, 5) is 21.7. The predicted octanol–water partition coefficient (Wildman–Crippen LogP) is 1.22. The first-order valence-corrected chi connectivity index (χ1v) is 4.13. The van der Waals surface area contributed by atoms with E-state index in [9.17, 15) is 9.59 Å². The lowest BCUT2D eigenvalue weighted by atomic mass is 10.0. The number of carboxylic acids is 1. The van der Waals surface area contributed by atoms with Crippen molar-refractivity contribution in [2.45, 2.75) is 19.8 Å². The summed E-state index contributed by atoms with van der Waals surface area (Å²) < 4.78 is 4.63. The molecule has 0 heterocycles. The molecule has 0 aliphatic rings. The first-order chi connectivity index (χ1) is 6.13. The van der Waals surface area contributed by atoms with E-state index in [4.69, 9.17) is 5.11 Å². The Bertz CT molecular complexity index is 198. The van der Waals surface area contributed by atoms with E-state index in [-0.39, 0.29) is 6.61 Å². The smallest absolute Gasteiger partial charge is 0.320 e. The minimum absolute atomic E-state index is 0.0618. The molecule has 0 aliphatic heterocycles. The summed E-state index contributed by atoms with van der Waals surface area (Å²) in [6, 6.07) is 0. The normalized spacial score (nSPS) is 11.8. The highest BCUT2D eigenvalue weighted by atomic mass is 16.5. The topological polar surface area (TPSA) is 63.6 Å². The van der Waals surface area contributed by atoms with Crippen molar-refractivity contribution in [1.82, 2.24) is 0 Å². The molecule has 0 aromatic rings. The monoisotopic (exact) mass is 186 g/mol. The third-order valence-electron chi connectivity index (χ3n) is 1.50. The molecule has 0 rings (SSSR count). The van der Waals surface area contributed by atoms with Crippen LogP contribution in [0.4, 0.5) is 0 Å². The first kappa shape index (κ1) is 11.7. The molecule has 0 bridgehead atoms. The van der Waals surface area contributed by atoms with E-state index in [0.717, 1.165) is 0 Å². The maximum Gasteiger partial charge on any atom is 0.320 e. The summed E-state index contributed by atoms with van der Waals surface area (Å²) in [7, 11) is 0. The Kier molecular flexibility index (Phi) is 5.59. The van der Waals surface area contributed by atoms with Crippen molar-refractivity contribution in [1.29, 1.82) is 0 Å². The zero-order valence-electron chi connectivity index (χ0n) is 7.66. The minimum Gasteiger partial charge on any atom is -0.481 e. The van der Waals surface area contributed by atoms with Crippen LogP contribution in [0.5, 0.6) is 0 Å². The van der Waals surface area contributed by atoms with E-state index in [1.54, 1.807) is 0 Å². The van der Waals surface area contributed by atoms with Gasteiger partial charge in [0.1, 0.15) is 6.61 Å². The molecule has 1 N–H and O–H groups in total. The van der Waals surface area contributed by atoms with Crippen LogP contribution in [0.2, 0.25) is 0 Å². The number of carbonyl (C=O) groups excluding carboxylic acids is 1. The van der Waals surface area contributed by atoms with Gasteiger partial charge in [-0.1, -0.05) is 26.0 Å². The van der Waals surface area contributed by atoms with Gasteiger partial charge in [0.05, 0.1) is 0 Å². The Morgan fingerprint density at radius 3 is 2.62 bits per heavy atom. The number of carbonyl (C=O) groups is 2. The molecule has 1 unspecified atom stereocenters. The van der Waals surface area contributed by atoms with Gasteiger partial charge in [0.15, 0.2) is 5.92 Å². The van der Waals surface area contributed by atoms with Crippen LogP contribution in [0.1, 0.15) is 19.8 Å². The zero-order chi connectivity index (χ0) is 10.3. The molecule has 0 spiro atoms. The fourth-order valence-electron chi connectivity index (χ4n) is 0.872. The highest BCUT2D eigenvalue weighted by molar-refractivity contribution is 5.93. The highest BCUT2D eigenvalue weighted by Gasteiger charge is 2.26. The second-order valence-electron chi connectivity index (χ2n) is 2.60. The van der Waals surface area contributed by atoms with E-state index in [1.807, 2.05) is 6.92 Å². The highest BCUT2D eigenvalue weighted by Crippen LogP contribution is 2.08. The number of esters is 1. The average molecular weight is 186 g/mol. The molecular formula is C9H14O4. The summed E-state index contributed by atoms with van der Waals surface area (Å²) in [6.45, 7) is 5.24. The predicted molar refractivity (Wildman–Crippen MR) is 47.2 cm³/mol. The van der Waals surface area contributed by atoms with Crippen molar-refractivity contribution in [3.05, 3.63) is 12.7 Å². The van der Waals surface area contributed by atoms with Crippen LogP contribution in [0.3, 0.4) is 0 Å². The van der Waals surface area contributed by atoms with Crippen LogP contribution in [-0.4, -0.2) is 23.7 Å². The van der Waals surface area contributed by atoms with E-state index in [2.05, 4.69) is 11.3 Å². The summed E-state index contributed by atoms with van der Waals surface area (Å²) in [5.41, 5.74) is 0. The third-order valence-corrected chi connectivity index (χ3v) is 1.50. The number of carboxylic acid groups (broad SMARTS) is 1. The molecule has 13 heavy (non-hydrogen) atoms. The summed E-state index contributed by atoms with van der Waals surface area (Å²) in [6.07, 6.45) is 2.36. The lowest BCUT2D eigenvalue weighted by Crippen LogP contribution is -2.25. The lowest BCUT2D eigenvalue weighted by molar-refractivity contribution is -0.158. The van der Waals surface area contributed by atoms with Crippen LogP contribution in [0.25, 0.3) is 0 Å². The van der Waals surface area contributed by atoms with Crippen molar-refractivity contribution in [2.24, 2.45) is 5.92 Å². The van der Waals surface area contributed by atoms with Crippen molar-refractivity contribution in [2.75, 3.05) is 6.61 Å². The molecule has 0 fully saturated rings. The van der Waals surface area contributed by atoms with Gasteiger partial charge >= 0.3 is 11.9 Å². The molecule has 74 valence electrons. The Labute approximate surface area is 77.2 Å². The number of hydrogen-bond acceptors (Lipinski definition) is 3. The molecule has 1 atom stereocenters. The number of ether oxygens (including phenoxy) is 1. The van der Waals surface area contributed by atoms with Gasteiger partial charge in [-0.15, -0.1) is 0 Å². The fourth-order valence-corrected chi connectivity index (χ4v) is 0.872. The van der Waals surface area contributed by atoms with Crippen LogP contribution in [0.15, 0.2) is 12.7 Å². The molecular weight excluding hydrogens is 172 g/mol. The van der Waals surface area contributed by atoms with E-state index >= 15 is 0 Å². The zero-order valence-corrected chi connectivity index (χ0v) is 7.66. The van der Waals surface area contributed by atoms with Crippen LogP contribution in [0, 0.1) is 5.92 Å². The molecule has 0 aromatic heterocycles. The van der Waals surface area contributed by atoms with Gasteiger partial charge in [0.2, 0.25) is 0 Å². The van der Waals surface area contributed by atoms with Crippen LogP contribution < -0.4 is 0 Å². The fraction of sp³-hybridized carbons (Fsp3) is 0.556. The summed E-state index contributed by atoms with van der Waals surface area (Å²) in [5.74, 6) is -2.85. The average Bonchev–Trinajstić information content (AvgIpc) is 2.09. The third kappa shape index (κ3) is 4.30. The molecule has 0 saturated heterocycles. The largest absolute Gasteiger partial charge is 0.481 e. The van der Waals surface area contributed by atoms with Crippen molar-refractivity contribution < 1.29 is 19.4 Å². The second-order valence-corrected chi connectivity index (χ2v) is 2.60. The molecule has 4 heteroatoms. The van der Waals surface area contributed by atoms with Gasteiger partial charge in [-0.25, -0.2) is 0 Å². The minimum atomic E-state index is -1.13. The first-order valence-electron chi connectivity index (χ1n) is 4.13. The Balaban J connectivity index is 4.11.